The number of hydrogen-bond donors (Lipinski definition) is 0. The number of aromatic nitrogens is 4. The third-order valence-corrected chi connectivity index (χ3v) is 3.97. The third-order valence-electron chi connectivity index (χ3n) is 3.97. The lowest BCUT2D eigenvalue weighted by Gasteiger charge is -2.13. The van der Waals surface area contributed by atoms with Crippen LogP contribution in [-0.4, -0.2) is 40.2 Å². The first-order valence-corrected chi connectivity index (χ1v) is 8.24. The lowest BCUT2D eigenvalue weighted by atomic mass is 10.1. The van der Waals surface area contributed by atoms with E-state index < -0.39 is 0 Å². The maximum atomic E-state index is 5.92. The van der Waals surface area contributed by atoms with E-state index in [0.29, 0.717) is 19.1 Å². The van der Waals surface area contributed by atoms with Gasteiger partial charge in [-0.25, -0.2) is 15.0 Å². The minimum atomic E-state index is 0.573. The summed E-state index contributed by atoms with van der Waals surface area (Å²) in [6, 6.07) is 6.21. The molecule has 0 atom stereocenters. The van der Waals surface area contributed by atoms with Crippen molar-refractivity contribution in [1.29, 1.82) is 0 Å². The van der Waals surface area contributed by atoms with Gasteiger partial charge < -0.3 is 14.2 Å². The highest BCUT2D eigenvalue weighted by molar-refractivity contribution is 5.57. The molecule has 0 fully saturated rings. The van der Waals surface area contributed by atoms with Gasteiger partial charge in [-0.2, -0.15) is 0 Å². The number of rotatable bonds is 6. The summed E-state index contributed by atoms with van der Waals surface area (Å²) in [5.74, 6) is 1.61. The van der Waals surface area contributed by atoms with Gasteiger partial charge in [0.2, 0.25) is 5.95 Å². The molecule has 3 aromatic rings. The van der Waals surface area contributed by atoms with E-state index in [0.717, 1.165) is 22.6 Å². The third kappa shape index (κ3) is 3.96. The summed E-state index contributed by atoms with van der Waals surface area (Å²) in [5, 5.41) is 0. The molecule has 0 saturated heterocycles. The standard InChI is InChI=1S/C19H23N5O/c1-14-5-6-18(15(2)9-14)25-8-7-24-13-20-12-17(24)16-10-21-19(22-11-16)23(3)4/h5-6,9-13H,7-8H2,1-4H3. The number of hydrogen-bond acceptors (Lipinski definition) is 5. The van der Waals surface area contributed by atoms with Crippen LogP contribution in [0.15, 0.2) is 43.1 Å². The van der Waals surface area contributed by atoms with E-state index in [2.05, 4.69) is 45.5 Å². The Hall–Kier alpha value is -2.89. The van der Waals surface area contributed by atoms with Gasteiger partial charge >= 0.3 is 0 Å². The van der Waals surface area contributed by atoms with Crippen molar-refractivity contribution in [3.63, 3.8) is 0 Å². The molecule has 0 spiro atoms. The smallest absolute Gasteiger partial charge is 0.224 e. The van der Waals surface area contributed by atoms with E-state index in [9.17, 15) is 0 Å². The molecule has 2 aromatic heterocycles. The SMILES string of the molecule is Cc1ccc(OCCn2cncc2-c2cnc(N(C)C)nc2)c(C)c1. The van der Waals surface area contributed by atoms with Crippen molar-refractivity contribution in [3.8, 4) is 17.0 Å². The minimum Gasteiger partial charge on any atom is -0.491 e. The molecule has 25 heavy (non-hydrogen) atoms. The Morgan fingerprint density at radius 3 is 2.52 bits per heavy atom. The maximum absolute atomic E-state index is 5.92. The van der Waals surface area contributed by atoms with Crippen LogP contribution in [0.3, 0.4) is 0 Å². The molecular formula is C19H23N5O. The Labute approximate surface area is 148 Å². The molecule has 6 heteroatoms. The number of nitrogens with zero attached hydrogens (tertiary/aromatic N) is 5. The number of imidazole rings is 1. The van der Waals surface area contributed by atoms with Crippen molar-refractivity contribution >= 4 is 5.95 Å². The lowest BCUT2D eigenvalue weighted by molar-refractivity contribution is 0.297. The van der Waals surface area contributed by atoms with Crippen LogP contribution in [0.1, 0.15) is 11.1 Å². The summed E-state index contributed by atoms with van der Waals surface area (Å²) in [5.41, 5.74) is 4.31. The average Bonchev–Trinajstić information content (AvgIpc) is 3.05. The first-order valence-electron chi connectivity index (χ1n) is 8.24. The first kappa shape index (κ1) is 17.0. The Bertz CT molecular complexity index is 839. The average molecular weight is 337 g/mol. The highest BCUT2D eigenvalue weighted by Gasteiger charge is 2.08. The van der Waals surface area contributed by atoms with Crippen molar-refractivity contribution < 1.29 is 4.74 Å². The zero-order valence-electron chi connectivity index (χ0n) is 15.1. The normalized spacial score (nSPS) is 10.7. The molecule has 0 N–H and O–H groups in total. The van der Waals surface area contributed by atoms with Crippen LogP contribution in [0.4, 0.5) is 5.95 Å². The Balaban J connectivity index is 1.67. The van der Waals surface area contributed by atoms with Crippen LogP contribution in [0, 0.1) is 13.8 Å². The van der Waals surface area contributed by atoms with Gasteiger partial charge in [0.1, 0.15) is 12.4 Å². The summed E-state index contributed by atoms with van der Waals surface area (Å²) >= 11 is 0. The zero-order valence-corrected chi connectivity index (χ0v) is 15.1. The fourth-order valence-corrected chi connectivity index (χ4v) is 2.64. The van der Waals surface area contributed by atoms with E-state index in [-0.39, 0.29) is 0 Å². The topological polar surface area (TPSA) is 56.1 Å². The molecule has 0 aliphatic heterocycles. The highest BCUT2D eigenvalue weighted by atomic mass is 16.5. The molecule has 0 aliphatic carbocycles. The predicted molar refractivity (Wildman–Crippen MR) is 99.0 cm³/mol. The molecule has 6 nitrogen and oxygen atoms in total. The molecule has 0 unspecified atom stereocenters. The zero-order chi connectivity index (χ0) is 17.8. The van der Waals surface area contributed by atoms with E-state index in [1.807, 2.05) is 43.7 Å². The lowest BCUT2D eigenvalue weighted by Crippen LogP contribution is -2.12. The summed E-state index contributed by atoms with van der Waals surface area (Å²) in [4.78, 5) is 14.9. The van der Waals surface area contributed by atoms with Gasteiger partial charge in [-0.1, -0.05) is 17.7 Å². The molecule has 0 radical (unpaired) electrons. The van der Waals surface area contributed by atoms with Gasteiger partial charge in [0.15, 0.2) is 0 Å². The second-order valence-electron chi connectivity index (χ2n) is 6.26. The first-order chi connectivity index (χ1) is 12.0. The minimum absolute atomic E-state index is 0.573. The Morgan fingerprint density at radius 1 is 1.08 bits per heavy atom. The van der Waals surface area contributed by atoms with Crippen LogP contribution < -0.4 is 9.64 Å². The van der Waals surface area contributed by atoms with Crippen LogP contribution in [0.2, 0.25) is 0 Å². The second-order valence-corrected chi connectivity index (χ2v) is 6.26. The number of benzene rings is 1. The molecule has 0 amide bonds. The van der Waals surface area contributed by atoms with Gasteiger partial charge in [-0.15, -0.1) is 0 Å². The molecule has 1 aromatic carbocycles. The van der Waals surface area contributed by atoms with Crippen LogP contribution in [-0.2, 0) is 6.54 Å². The van der Waals surface area contributed by atoms with Gasteiger partial charge in [0.25, 0.3) is 0 Å². The van der Waals surface area contributed by atoms with Crippen LogP contribution in [0.5, 0.6) is 5.75 Å². The van der Waals surface area contributed by atoms with Crippen molar-refractivity contribution in [2.75, 3.05) is 25.6 Å². The second kappa shape index (κ2) is 7.34. The van der Waals surface area contributed by atoms with Crippen molar-refractivity contribution in [2.45, 2.75) is 20.4 Å². The highest BCUT2D eigenvalue weighted by Crippen LogP contribution is 2.20. The monoisotopic (exact) mass is 337 g/mol. The molecule has 0 saturated carbocycles. The molecule has 3 rings (SSSR count). The fourth-order valence-electron chi connectivity index (χ4n) is 2.64. The summed E-state index contributed by atoms with van der Waals surface area (Å²) in [7, 11) is 3.84. The Morgan fingerprint density at radius 2 is 1.84 bits per heavy atom. The van der Waals surface area contributed by atoms with E-state index in [1.54, 1.807) is 6.33 Å². The Kier molecular flexibility index (Phi) is 4.97. The molecule has 130 valence electrons. The van der Waals surface area contributed by atoms with Gasteiger partial charge in [0, 0.05) is 32.1 Å². The number of anilines is 1. The summed E-state index contributed by atoms with van der Waals surface area (Å²) < 4.78 is 7.97. The summed E-state index contributed by atoms with van der Waals surface area (Å²) in [6.07, 6.45) is 7.27. The summed E-state index contributed by atoms with van der Waals surface area (Å²) in [6.45, 7) is 5.43. The van der Waals surface area contributed by atoms with E-state index >= 15 is 0 Å². The number of aryl methyl sites for hydroxylation is 2. The van der Waals surface area contributed by atoms with Crippen LogP contribution in [0.25, 0.3) is 11.3 Å². The fraction of sp³-hybridized carbons (Fsp3) is 0.316. The largest absolute Gasteiger partial charge is 0.491 e. The van der Waals surface area contributed by atoms with Crippen LogP contribution >= 0.6 is 0 Å². The molecule has 0 aliphatic rings. The predicted octanol–water partition coefficient (Wildman–Crippen LogP) is 3.10. The van der Waals surface area contributed by atoms with Crippen molar-refractivity contribution in [1.82, 2.24) is 19.5 Å². The maximum Gasteiger partial charge on any atom is 0.224 e. The number of ether oxygens (including phenoxy) is 1. The quantitative estimate of drug-likeness (QED) is 0.692. The molecule has 2 heterocycles. The van der Waals surface area contributed by atoms with Gasteiger partial charge in [-0.05, 0) is 25.5 Å². The van der Waals surface area contributed by atoms with E-state index in [4.69, 9.17) is 4.74 Å². The molecular weight excluding hydrogens is 314 g/mol. The van der Waals surface area contributed by atoms with Gasteiger partial charge in [0.05, 0.1) is 24.8 Å². The molecule has 0 bridgehead atoms. The van der Waals surface area contributed by atoms with Gasteiger partial charge in [-0.3, -0.25) is 0 Å². The van der Waals surface area contributed by atoms with Crippen molar-refractivity contribution in [3.05, 3.63) is 54.2 Å². The van der Waals surface area contributed by atoms with Crippen molar-refractivity contribution in [2.24, 2.45) is 0 Å². The van der Waals surface area contributed by atoms with E-state index in [1.165, 1.54) is 5.56 Å².